The van der Waals surface area contributed by atoms with Crippen LogP contribution >= 0.6 is 11.3 Å². The number of benzene rings is 2. The van der Waals surface area contributed by atoms with E-state index in [0.29, 0.717) is 22.3 Å². The highest BCUT2D eigenvalue weighted by atomic mass is 32.1. The number of hydrogen-bond donors (Lipinski definition) is 1. The van der Waals surface area contributed by atoms with Crippen LogP contribution in [-0.4, -0.2) is 5.11 Å². The Hall–Kier alpha value is -3.11. The molecule has 0 fully saturated rings. The predicted molar refractivity (Wildman–Crippen MR) is 103 cm³/mol. The lowest BCUT2D eigenvalue weighted by molar-refractivity contribution is 0.474. The van der Waals surface area contributed by atoms with E-state index < -0.39 is 0 Å². The molecule has 0 saturated heterocycles. The van der Waals surface area contributed by atoms with Crippen LogP contribution in [0.4, 0.5) is 0 Å². The molecule has 4 aromatic rings. The number of rotatable bonds is 3. The van der Waals surface area contributed by atoms with Crippen molar-refractivity contribution >= 4 is 34.5 Å². The second kappa shape index (κ2) is 6.42. The number of fused-ring (bicyclic) bond motifs is 1. The second-order valence-corrected chi connectivity index (χ2v) is 6.54. The number of hydrogen-bond acceptors (Lipinski definition) is 4. The van der Waals surface area contributed by atoms with Crippen LogP contribution in [-0.2, 0) is 0 Å². The third-order valence-corrected chi connectivity index (χ3v) is 4.75. The van der Waals surface area contributed by atoms with Gasteiger partial charge in [-0.15, -0.1) is 11.3 Å². The first-order valence-corrected chi connectivity index (χ1v) is 8.67. The molecule has 122 valence electrons. The molecule has 2 aromatic heterocycles. The van der Waals surface area contributed by atoms with Gasteiger partial charge in [-0.3, -0.25) is 4.79 Å². The lowest BCUT2D eigenvalue weighted by Crippen LogP contribution is -2.07. The molecule has 0 aliphatic carbocycles. The SMILES string of the molecule is O=c1c(-c2ccccc2)c(/C=C/c2cccs2)oc2cc(O)ccc12. The maximum Gasteiger partial charge on any atom is 0.201 e. The van der Waals surface area contributed by atoms with Gasteiger partial charge >= 0.3 is 0 Å². The molecule has 3 nitrogen and oxygen atoms in total. The minimum Gasteiger partial charge on any atom is -0.508 e. The molecule has 0 spiro atoms. The van der Waals surface area contributed by atoms with Crippen LogP contribution in [0.1, 0.15) is 10.6 Å². The summed E-state index contributed by atoms with van der Waals surface area (Å²) in [6.07, 6.45) is 3.73. The van der Waals surface area contributed by atoms with Gasteiger partial charge in [0.05, 0.1) is 10.9 Å². The number of aromatic hydroxyl groups is 1. The molecule has 4 heteroatoms. The van der Waals surface area contributed by atoms with Crippen molar-refractivity contribution in [1.29, 1.82) is 0 Å². The van der Waals surface area contributed by atoms with Crippen molar-refractivity contribution in [2.24, 2.45) is 0 Å². The van der Waals surface area contributed by atoms with Gasteiger partial charge in [0.2, 0.25) is 5.43 Å². The van der Waals surface area contributed by atoms with Gasteiger partial charge in [-0.25, -0.2) is 0 Å². The number of phenols is 1. The number of thiophene rings is 1. The first-order valence-electron chi connectivity index (χ1n) is 7.79. The Bertz CT molecular complexity index is 1110. The standard InChI is InChI=1S/C21H14O3S/c22-15-8-10-17-19(13-15)24-18(11-9-16-7-4-12-25-16)20(21(17)23)14-5-2-1-3-6-14/h1-13,22H/b11-9+. The van der Waals surface area contributed by atoms with Gasteiger partial charge in [0, 0.05) is 10.9 Å². The molecule has 2 aromatic carbocycles. The normalized spacial score (nSPS) is 11.4. The molecule has 0 radical (unpaired) electrons. The molecule has 0 aliphatic heterocycles. The third-order valence-electron chi connectivity index (χ3n) is 3.91. The fourth-order valence-corrected chi connectivity index (χ4v) is 3.36. The van der Waals surface area contributed by atoms with Crippen LogP contribution in [0.25, 0.3) is 34.2 Å². The quantitative estimate of drug-likeness (QED) is 0.540. The minimum absolute atomic E-state index is 0.0660. The summed E-state index contributed by atoms with van der Waals surface area (Å²) < 4.78 is 5.97. The molecule has 0 bridgehead atoms. The smallest absolute Gasteiger partial charge is 0.201 e. The molecular weight excluding hydrogens is 332 g/mol. The lowest BCUT2D eigenvalue weighted by Gasteiger charge is -2.08. The zero-order chi connectivity index (χ0) is 17.2. The summed E-state index contributed by atoms with van der Waals surface area (Å²) >= 11 is 1.61. The summed E-state index contributed by atoms with van der Waals surface area (Å²) in [5, 5.41) is 12.1. The topological polar surface area (TPSA) is 50.4 Å². The average molecular weight is 346 g/mol. The van der Waals surface area contributed by atoms with E-state index in [2.05, 4.69) is 0 Å². The molecule has 0 saturated carbocycles. The minimum atomic E-state index is -0.113. The predicted octanol–water partition coefficient (Wildman–Crippen LogP) is 5.40. The molecule has 0 amide bonds. The van der Waals surface area contributed by atoms with E-state index in [4.69, 9.17) is 4.42 Å². The largest absolute Gasteiger partial charge is 0.508 e. The highest BCUT2D eigenvalue weighted by molar-refractivity contribution is 7.10. The molecule has 0 unspecified atom stereocenters. The summed E-state index contributed by atoms with van der Waals surface area (Å²) in [5.74, 6) is 0.541. The van der Waals surface area contributed by atoms with E-state index in [1.54, 1.807) is 23.5 Å². The molecule has 4 rings (SSSR count). The van der Waals surface area contributed by atoms with Crippen LogP contribution in [0, 0.1) is 0 Å². The molecule has 2 heterocycles. The van der Waals surface area contributed by atoms with Crippen molar-refractivity contribution in [3.63, 3.8) is 0 Å². The number of phenolic OH excluding ortho intramolecular Hbond substituents is 1. The van der Waals surface area contributed by atoms with Gasteiger partial charge < -0.3 is 9.52 Å². The van der Waals surface area contributed by atoms with E-state index in [1.165, 1.54) is 12.1 Å². The van der Waals surface area contributed by atoms with Gasteiger partial charge in [-0.1, -0.05) is 36.4 Å². The summed E-state index contributed by atoms with van der Waals surface area (Å²) in [5.41, 5.74) is 1.58. The van der Waals surface area contributed by atoms with Crippen LogP contribution in [0.2, 0.25) is 0 Å². The van der Waals surface area contributed by atoms with Crippen LogP contribution in [0.15, 0.2) is 75.3 Å². The van der Waals surface area contributed by atoms with E-state index >= 15 is 0 Å². The van der Waals surface area contributed by atoms with Gasteiger partial charge in [-0.2, -0.15) is 0 Å². The first-order chi connectivity index (χ1) is 12.2. The van der Waals surface area contributed by atoms with Crippen molar-refractivity contribution < 1.29 is 9.52 Å². The van der Waals surface area contributed by atoms with Crippen LogP contribution in [0.3, 0.4) is 0 Å². The Morgan fingerprint density at radius 3 is 2.56 bits per heavy atom. The molecule has 25 heavy (non-hydrogen) atoms. The van der Waals surface area contributed by atoms with E-state index in [9.17, 15) is 9.90 Å². The zero-order valence-electron chi connectivity index (χ0n) is 13.2. The molecule has 0 atom stereocenters. The maximum atomic E-state index is 13.0. The molecular formula is C21H14O3S. The van der Waals surface area contributed by atoms with Crippen molar-refractivity contribution in [2.45, 2.75) is 0 Å². The second-order valence-electron chi connectivity index (χ2n) is 5.57. The average Bonchev–Trinajstić information content (AvgIpc) is 3.14. The van der Waals surface area contributed by atoms with Gasteiger partial charge in [-0.05, 0) is 41.3 Å². The summed E-state index contributed by atoms with van der Waals surface area (Å²) in [4.78, 5) is 14.1. The lowest BCUT2D eigenvalue weighted by atomic mass is 10.0. The Balaban J connectivity index is 1.99. The Morgan fingerprint density at radius 2 is 1.80 bits per heavy atom. The van der Waals surface area contributed by atoms with Crippen molar-refractivity contribution in [2.75, 3.05) is 0 Å². The first kappa shape index (κ1) is 15.4. The van der Waals surface area contributed by atoms with Crippen molar-refractivity contribution in [3.8, 4) is 16.9 Å². The van der Waals surface area contributed by atoms with E-state index in [1.807, 2.05) is 53.9 Å². The summed E-state index contributed by atoms with van der Waals surface area (Å²) in [6, 6.07) is 18.0. The van der Waals surface area contributed by atoms with Gasteiger partial charge in [0.1, 0.15) is 17.1 Å². The fraction of sp³-hybridized carbons (Fsp3) is 0. The third kappa shape index (κ3) is 2.99. The molecule has 1 N–H and O–H groups in total. The van der Waals surface area contributed by atoms with Crippen molar-refractivity contribution in [1.82, 2.24) is 0 Å². The fourth-order valence-electron chi connectivity index (χ4n) is 2.74. The summed E-state index contributed by atoms with van der Waals surface area (Å²) in [7, 11) is 0. The highest BCUT2D eigenvalue weighted by Crippen LogP contribution is 2.28. The monoisotopic (exact) mass is 346 g/mol. The van der Waals surface area contributed by atoms with Crippen LogP contribution < -0.4 is 5.43 Å². The van der Waals surface area contributed by atoms with Crippen molar-refractivity contribution in [3.05, 3.63) is 86.9 Å². The van der Waals surface area contributed by atoms with Gasteiger partial charge in [0.25, 0.3) is 0 Å². The Labute approximate surface area is 148 Å². The highest BCUT2D eigenvalue weighted by Gasteiger charge is 2.15. The van der Waals surface area contributed by atoms with Gasteiger partial charge in [0.15, 0.2) is 0 Å². The zero-order valence-corrected chi connectivity index (χ0v) is 14.0. The van der Waals surface area contributed by atoms with E-state index in [-0.39, 0.29) is 11.2 Å². The van der Waals surface area contributed by atoms with E-state index in [0.717, 1.165) is 10.4 Å². The molecule has 0 aliphatic rings. The summed E-state index contributed by atoms with van der Waals surface area (Å²) in [6.45, 7) is 0. The Morgan fingerprint density at radius 1 is 0.960 bits per heavy atom. The Kier molecular flexibility index (Phi) is 3.96. The maximum absolute atomic E-state index is 13.0. The van der Waals surface area contributed by atoms with Crippen LogP contribution in [0.5, 0.6) is 5.75 Å².